The highest BCUT2D eigenvalue weighted by molar-refractivity contribution is 7.89. The number of nitrogens with one attached hydrogen (secondary N) is 1. The van der Waals surface area contributed by atoms with Crippen molar-refractivity contribution in [3.63, 3.8) is 0 Å². The van der Waals surface area contributed by atoms with Gasteiger partial charge in [0, 0.05) is 13.6 Å². The molecule has 1 N–H and O–H groups in total. The molecule has 108 valence electrons. The van der Waals surface area contributed by atoms with E-state index in [0.717, 1.165) is 24.2 Å². The number of rotatable bonds is 8. The highest BCUT2D eigenvalue weighted by atomic mass is 32.2. The molecule has 1 aromatic rings. The maximum Gasteiger partial charge on any atom is 0.214 e. The maximum atomic E-state index is 12.1. The molecule has 0 amide bonds. The molecule has 0 aliphatic heterocycles. The van der Waals surface area contributed by atoms with E-state index in [9.17, 15) is 8.42 Å². The Morgan fingerprint density at radius 2 is 1.95 bits per heavy atom. The van der Waals surface area contributed by atoms with Crippen LogP contribution in [-0.4, -0.2) is 38.6 Å². The van der Waals surface area contributed by atoms with Crippen molar-refractivity contribution in [2.24, 2.45) is 0 Å². The van der Waals surface area contributed by atoms with Gasteiger partial charge < -0.3 is 5.32 Å². The number of nitrogens with zero attached hydrogens (tertiary/aromatic N) is 1. The molecular formula is C14H24N2O2S. The average Bonchev–Trinajstić information content (AvgIpc) is 2.37. The number of hydrogen-bond donors (Lipinski definition) is 1. The van der Waals surface area contributed by atoms with Crippen molar-refractivity contribution in [3.8, 4) is 0 Å². The minimum Gasteiger partial charge on any atom is -0.317 e. The van der Waals surface area contributed by atoms with Crippen LogP contribution < -0.4 is 5.32 Å². The SMILES string of the molecule is CCNCCCS(=O)(=O)N(C)Cc1ccccc1C. The van der Waals surface area contributed by atoms with E-state index in [4.69, 9.17) is 0 Å². The van der Waals surface area contributed by atoms with Crippen molar-refractivity contribution in [1.82, 2.24) is 9.62 Å². The number of sulfonamides is 1. The largest absolute Gasteiger partial charge is 0.317 e. The van der Waals surface area contributed by atoms with E-state index in [1.165, 1.54) is 4.31 Å². The molecule has 0 spiro atoms. The van der Waals surface area contributed by atoms with Crippen LogP contribution in [-0.2, 0) is 16.6 Å². The van der Waals surface area contributed by atoms with E-state index in [0.29, 0.717) is 13.0 Å². The van der Waals surface area contributed by atoms with Crippen molar-refractivity contribution in [1.29, 1.82) is 0 Å². The van der Waals surface area contributed by atoms with Gasteiger partial charge in [0.2, 0.25) is 10.0 Å². The van der Waals surface area contributed by atoms with E-state index >= 15 is 0 Å². The predicted molar refractivity (Wildman–Crippen MR) is 79.6 cm³/mol. The summed E-state index contributed by atoms with van der Waals surface area (Å²) in [6.45, 7) is 6.07. The zero-order valence-corrected chi connectivity index (χ0v) is 12.8. The Bertz CT molecular complexity index is 486. The lowest BCUT2D eigenvalue weighted by molar-refractivity contribution is 0.464. The minimum absolute atomic E-state index is 0.197. The highest BCUT2D eigenvalue weighted by Gasteiger charge is 2.17. The Labute approximate surface area is 116 Å². The topological polar surface area (TPSA) is 49.4 Å². The van der Waals surface area contributed by atoms with Crippen LogP contribution in [0.15, 0.2) is 24.3 Å². The van der Waals surface area contributed by atoms with Gasteiger partial charge in [0.25, 0.3) is 0 Å². The third-order valence-electron chi connectivity index (χ3n) is 3.13. The molecule has 19 heavy (non-hydrogen) atoms. The Kier molecular flexibility index (Phi) is 6.48. The zero-order valence-electron chi connectivity index (χ0n) is 12.0. The molecule has 0 saturated carbocycles. The van der Waals surface area contributed by atoms with Crippen LogP contribution in [0.4, 0.5) is 0 Å². The number of benzene rings is 1. The molecule has 4 nitrogen and oxygen atoms in total. The molecule has 0 aliphatic carbocycles. The Hall–Kier alpha value is -0.910. The average molecular weight is 284 g/mol. The summed E-state index contributed by atoms with van der Waals surface area (Å²) in [6, 6.07) is 7.87. The van der Waals surface area contributed by atoms with Crippen LogP contribution in [0.1, 0.15) is 24.5 Å². The first-order valence-corrected chi connectivity index (χ1v) is 8.27. The first-order chi connectivity index (χ1) is 8.97. The van der Waals surface area contributed by atoms with Gasteiger partial charge in [0.1, 0.15) is 0 Å². The number of hydrogen-bond acceptors (Lipinski definition) is 3. The number of aryl methyl sites for hydroxylation is 1. The maximum absolute atomic E-state index is 12.1. The lowest BCUT2D eigenvalue weighted by atomic mass is 10.1. The van der Waals surface area contributed by atoms with E-state index in [1.54, 1.807) is 7.05 Å². The fourth-order valence-electron chi connectivity index (χ4n) is 1.84. The molecule has 0 aromatic heterocycles. The van der Waals surface area contributed by atoms with Gasteiger partial charge in [0.15, 0.2) is 0 Å². The van der Waals surface area contributed by atoms with Gasteiger partial charge in [-0.05, 0) is 37.6 Å². The predicted octanol–water partition coefficient (Wildman–Crippen LogP) is 1.76. The van der Waals surface area contributed by atoms with Crippen molar-refractivity contribution in [3.05, 3.63) is 35.4 Å². The van der Waals surface area contributed by atoms with Gasteiger partial charge in [-0.15, -0.1) is 0 Å². The molecule has 0 atom stereocenters. The Morgan fingerprint density at radius 3 is 2.58 bits per heavy atom. The molecule has 0 aliphatic rings. The van der Waals surface area contributed by atoms with E-state index < -0.39 is 10.0 Å². The Balaban J connectivity index is 2.56. The van der Waals surface area contributed by atoms with Crippen molar-refractivity contribution >= 4 is 10.0 Å². The van der Waals surface area contributed by atoms with Crippen LogP contribution in [0.3, 0.4) is 0 Å². The molecule has 1 aromatic carbocycles. The molecule has 0 radical (unpaired) electrons. The molecule has 0 unspecified atom stereocenters. The standard InChI is InChI=1S/C14H24N2O2S/c1-4-15-10-7-11-19(17,18)16(3)12-14-9-6-5-8-13(14)2/h5-6,8-9,15H,4,7,10-12H2,1-3H3. The molecule has 1 rings (SSSR count). The molecule has 0 bridgehead atoms. The molecular weight excluding hydrogens is 260 g/mol. The zero-order chi connectivity index (χ0) is 14.3. The van der Waals surface area contributed by atoms with Gasteiger partial charge in [-0.25, -0.2) is 12.7 Å². The molecule has 0 fully saturated rings. The van der Waals surface area contributed by atoms with E-state index in [2.05, 4.69) is 5.32 Å². The van der Waals surface area contributed by atoms with Crippen molar-refractivity contribution in [2.75, 3.05) is 25.9 Å². The molecule has 0 heterocycles. The van der Waals surface area contributed by atoms with Crippen LogP contribution in [0.2, 0.25) is 0 Å². The summed E-state index contributed by atoms with van der Waals surface area (Å²) >= 11 is 0. The van der Waals surface area contributed by atoms with Crippen molar-refractivity contribution in [2.45, 2.75) is 26.8 Å². The van der Waals surface area contributed by atoms with Crippen LogP contribution in [0.5, 0.6) is 0 Å². The molecule has 5 heteroatoms. The minimum atomic E-state index is -3.16. The monoisotopic (exact) mass is 284 g/mol. The normalized spacial score (nSPS) is 12.0. The van der Waals surface area contributed by atoms with Crippen LogP contribution in [0.25, 0.3) is 0 Å². The second-order valence-electron chi connectivity index (χ2n) is 4.71. The summed E-state index contributed by atoms with van der Waals surface area (Å²) in [6.07, 6.45) is 0.647. The summed E-state index contributed by atoms with van der Waals surface area (Å²) in [4.78, 5) is 0. The van der Waals surface area contributed by atoms with Gasteiger partial charge in [-0.3, -0.25) is 0 Å². The summed E-state index contributed by atoms with van der Waals surface area (Å²) in [7, 11) is -1.51. The second-order valence-corrected chi connectivity index (χ2v) is 6.90. The lowest BCUT2D eigenvalue weighted by Gasteiger charge is -2.18. The van der Waals surface area contributed by atoms with Gasteiger partial charge in [-0.2, -0.15) is 0 Å². The summed E-state index contributed by atoms with van der Waals surface area (Å²) < 4.78 is 25.7. The van der Waals surface area contributed by atoms with Gasteiger partial charge >= 0.3 is 0 Å². The summed E-state index contributed by atoms with van der Waals surface area (Å²) in [5.74, 6) is 0.197. The third-order valence-corrected chi connectivity index (χ3v) is 5.02. The third kappa shape index (κ3) is 5.30. The van der Waals surface area contributed by atoms with E-state index in [1.807, 2.05) is 38.1 Å². The molecule has 0 saturated heterocycles. The first-order valence-electron chi connectivity index (χ1n) is 6.66. The fraction of sp³-hybridized carbons (Fsp3) is 0.571. The first kappa shape index (κ1) is 16.1. The van der Waals surface area contributed by atoms with Gasteiger partial charge in [-0.1, -0.05) is 31.2 Å². The van der Waals surface area contributed by atoms with Gasteiger partial charge in [0.05, 0.1) is 5.75 Å². The quantitative estimate of drug-likeness (QED) is 0.740. The van der Waals surface area contributed by atoms with Crippen LogP contribution >= 0.6 is 0 Å². The smallest absolute Gasteiger partial charge is 0.214 e. The Morgan fingerprint density at radius 1 is 1.26 bits per heavy atom. The highest BCUT2D eigenvalue weighted by Crippen LogP contribution is 2.12. The second kappa shape index (κ2) is 7.62. The summed E-state index contributed by atoms with van der Waals surface area (Å²) in [5.41, 5.74) is 2.18. The summed E-state index contributed by atoms with van der Waals surface area (Å²) in [5, 5.41) is 3.14. The van der Waals surface area contributed by atoms with Crippen molar-refractivity contribution < 1.29 is 8.42 Å². The van der Waals surface area contributed by atoms with Crippen LogP contribution in [0, 0.1) is 6.92 Å². The lowest BCUT2D eigenvalue weighted by Crippen LogP contribution is -2.30. The fourth-order valence-corrected chi connectivity index (χ4v) is 2.99. The van der Waals surface area contributed by atoms with E-state index in [-0.39, 0.29) is 5.75 Å².